The molecule has 0 atom stereocenters. The van der Waals surface area contributed by atoms with Crippen molar-refractivity contribution in [3.63, 3.8) is 0 Å². The van der Waals surface area contributed by atoms with E-state index in [9.17, 15) is 9.18 Å². The molecule has 0 saturated heterocycles. The Morgan fingerprint density at radius 2 is 1.57 bits per heavy atom. The van der Waals surface area contributed by atoms with Gasteiger partial charge in [0.25, 0.3) is 0 Å². The Labute approximate surface area is 129 Å². The van der Waals surface area contributed by atoms with Crippen LogP contribution in [0.15, 0.2) is 24.3 Å². The number of halogens is 1. The molecule has 0 aromatic heterocycles. The van der Waals surface area contributed by atoms with E-state index in [0.29, 0.717) is 12.8 Å². The normalized spacial score (nSPS) is 10.8. The van der Waals surface area contributed by atoms with Crippen molar-refractivity contribution in [1.82, 2.24) is 0 Å². The van der Waals surface area contributed by atoms with Gasteiger partial charge in [0.1, 0.15) is 11.6 Å². The molecule has 1 aromatic rings. The van der Waals surface area contributed by atoms with Gasteiger partial charge in [0, 0.05) is 12.8 Å². The summed E-state index contributed by atoms with van der Waals surface area (Å²) >= 11 is 0. The number of hydrogen-bond acceptors (Lipinski definition) is 1. The summed E-state index contributed by atoms with van der Waals surface area (Å²) in [6.07, 6.45) is 12.3. The Bertz CT molecular complexity index is 400. The summed E-state index contributed by atoms with van der Waals surface area (Å²) in [5.74, 6) is -0.0353. The molecule has 21 heavy (non-hydrogen) atoms. The monoisotopic (exact) mass is 292 g/mol. The smallest absolute Gasteiger partial charge is 0.137 e. The lowest BCUT2D eigenvalue weighted by Gasteiger charge is -2.03. The van der Waals surface area contributed by atoms with Crippen LogP contribution >= 0.6 is 0 Å². The van der Waals surface area contributed by atoms with Crippen molar-refractivity contribution in [3.8, 4) is 0 Å². The lowest BCUT2D eigenvalue weighted by molar-refractivity contribution is -0.118. The van der Waals surface area contributed by atoms with Crippen LogP contribution in [0.1, 0.15) is 76.7 Å². The van der Waals surface area contributed by atoms with Crippen LogP contribution < -0.4 is 0 Å². The van der Waals surface area contributed by atoms with E-state index in [1.54, 1.807) is 6.07 Å². The van der Waals surface area contributed by atoms with Crippen molar-refractivity contribution in [2.75, 3.05) is 0 Å². The third kappa shape index (κ3) is 9.38. The summed E-state index contributed by atoms with van der Waals surface area (Å²) in [5.41, 5.74) is 0.788. The van der Waals surface area contributed by atoms with Gasteiger partial charge in [-0.15, -0.1) is 0 Å². The molecule has 0 saturated carbocycles. The number of rotatable bonds is 12. The largest absolute Gasteiger partial charge is 0.299 e. The van der Waals surface area contributed by atoms with Crippen LogP contribution in [0, 0.1) is 5.82 Å². The number of benzene rings is 1. The summed E-state index contributed by atoms with van der Waals surface area (Å²) in [4.78, 5) is 11.8. The van der Waals surface area contributed by atoms with E-state index in [2.05, 4.69) is 6.92 Å². The quantitative estimate of drug-likeness (QED) is 0.441. The SMILES string of the molecule is CCCCCCCCCCCC(=O)Cc1cccc(F)c1. The minimum atomic E-state index is -0.261. The fraction of sp³-hybridized carbons (Fsp3) is 0.632. The van der Waals surface area contributed by atoms with Crippen molar-refractivity contribution >= 4 is 5.78 Å². The first-order chi connectivity index (χ1) is 10.2. The highest BCUT2D eigenvalue weighted by atomic mass is 19.1. The molecular weight excluding hydrogens is 263 g/mol. The van der Waals surface area contributed by atoms with Gasteiger partial charge in [-0.2, -0.15) is 0 Å². The van der Waals surface area contributed by atoms with Crippen LogP contribution in [-0.2, 0) is 11.2 Å². The molecule has 0 amide bonds. The van der Waals surface area contributed by atoms with E-state index in [1.165, 1.54) is 57.1 Å². The summed E-state index contributed by atoms with van der Waals surface area (Å²) in [6.45, 7) is 2.24. The first-order valence-corrected chi connectivity index (χ1v) is 8.48. The van der Waals surface area contributed by atoms with E-state index in [4.69, 9.17) is 0 Å². The van der Waals surface area contributed by atoms with Crippen molar-refractivity contribution in [1.29, 1.82) is 0 Å². The predicted molar refractivity (Wildman–Crippen MR) is 87.0 cm³/mol. The highest BCUT2D eigenvalue weighted by Gasteiger charge is 2.04. The Morgan fingerprint density at radius 3 is 2.19 bits per heavy atom. The van der Waals surface area contributed by atoms with Gasteiger partial charge in [0.15, 0.2) is 0 Å². The van der Waals surface area contributed by atoms with Gasteiger partial charge in [-0.3, -0.25) is 4.79 Å². The fourth-order valence-corrected chi connectivity index (χ4v) is 2.60. The number of carbonyl (C=O) groups is 1. The lowest BCUT2D eigenvalue weighted by Crippen LogP contribution is -2.02. The highest BCUT2D eigenvalue weighted by Crippen LogP contribution is 2.12. The molecule has 0 N–H and O–H groups in total. The molecule has 118 valence electrons. The van der Waals surface area contributed by atoms with E-state index >= 15 is 0 Å². The number of ketones is 1. The van der Waals surface area contributed by atoms with E-state index in [-0.39, 0.29) is 11.6 Å². The average molecular weight is 292 g/mol. The Balaban J connectivity index is 1.99. The zero-order valence-electron chi connectivity index (χ0n) is 13.4. The number of Topliss-reactive ketones (excluding diaryl/α,β-unsaturated/α-hetero) is 1. The van der Waals surface area contributed by atoms with Crippen LogP contribution in [0.5, 0.6) is 0 Å². The zero-order valence-corrected chi connectivity index (χ0v) is 13.4. The maximum atomic E-state index is 13.0. The number of unbranched alkanes of at least 4 members (excludes halogenated alkanes) is 8. The standard InChI is InChI=1S/C19H29FO/c1-2-3-4-5-6-7-8-9-10-14-19(21)16-17-12-11-13-18(20)15-17/h11-13,15H,2-10,14,16H2,1H3. The fourth-order valence-electron chi connectivity index (χ4n) is 2.60. The third-order valence-electron chi connectivity index (χ3n) is 3.85. The molecule has 0 heterocycles. The van der Waals surface area contributed by atoms with Crippen LogP contribution in [0.2, 0.25) is 0 Å². The van der Waals surface area contributed by atoms with E-state index in [0.717, 1.165) is 18.4 Å². The van der Waals surface area contributed by atoms with Gasteiger partial charge in [0.05, 0.1) is 0 Å². The van der Waals surface area contributed by atoms with Gasteiger partial charge < -0.3 is 0 Å². The first-order valence-electron chi connectivity index (χ1n) is 8.48. The van der Waals surface area contributed by atoms with Gasteiger partial charge in [-0.1, -0.05) is 70.4 Å². The molecule has 0 aliphatic heterocycles. The second-order valence-electron chi connectivity index (χ2n) is 5.92. The summed E-state index contributed by atoms with van der Waals surface area (Å²) in [6, 6.07) is 6.34. The molecule has 0 aliphatic rings. The molecule has 1 nitrogen and oxygen atoms in total. The Hall–Kier alpha value is -1.18. The summed E-state index contributed by atoms with van der Waals surface area (Å²) in [7, 11) is 0. The van der Waals surface area contributed by atoms with Crippen molar-refractivity contribution < 1.29 is 9.18 Å². The number of hydrogen-bond donors (Lipinski definition) is 0. The Kier molecular flexibility index (Phi) is 9.77. The number of carbonyl (C=O) groups excluding carboxylic acids is 1. The van der Waals surface area contributed by atoms with Crippen molar-refractivity contribution in [2.24, 2.45) is 0 Å². The van der Waals surface area contributed by atoms with Crippen LogP contribution in [0.3, 0.4) is 0 Å². The maximum Gasteiger partial charge on any atom is 0.137 e. The predicted octanol–water partition coefficient (Wildman–Crippen LogP) is 5.86. The van der Waals surface area contributed by atoms with Gasteiger partial charge in [0.2, 0.25) is 0 Å². The minimum absolute atomic E-state index is 0.226. The molecule has 1 rings (SSSR count). The maximum absolute atomic E-state index is 13.0. The first kappa shape index (κ1) is 17.9. The highest BCUT2D eigenvalue weighted by molar-refractivity contribution is 5.80. The van der Waals surface area contributed by atoms with Crippen LogP contribution in [-0.4, -0.2) is 5.78 Å². The van der Waals surface area contributed by atoms with Gasteiger partial charge >= 0.3 is 0 Å². The van der Waals surface area contributed by atoms with Crippen LogP contribution in [0.25, 0.3) is 0 Å². The second kappa shape index (κ2) is 11.5. The topological polar surface area (TPSA) is 17.1 Å². The van der Waals surface area contributed by atoms with E-state index < -0.39 is 0 Å². The molecule has 0 radical (unpaired) electrons. The summed E-state index contributed by atoms with van der Waals surface area (Å²) in [5, 5.41) is 0. The Morgan fingerprint density at radius 1 is 0.952 bits per heavy atom. The molecule has 0 fully saturated rings. The zero-order chi connectivity index (χ0) is 15.3. The summed E-state index contributed by atoms with van der Waals surface area (Å²) < 4.78 is 13.0. The lowest BCUT2D eigenvalue weighted by atomic mass is 10.0. The molecular formula is C19H29FO. The van der Waals surface area contributed by atoms with Gasteiger partial charge in [-0.05, 0) is 24.1 Å². The molecule has 0 aliphatic carbocycles. The molecule has 0 spiro atoms. The van der Waals surface area contributed by atoms with Crippen molar-refractivity contribution in [2.45, 2.75) is 77.6 Å². The average Bonchev–Trinajstić information content (AvgIpc) is 2.45. The van der Waals surface area contributed by atoms with E-state index in [1.807, 2.05) is 6.07 Å². The molecule has 0 unspecified atom stereocenters. The van der Waals surface area contributed by atoms with Gasteiger partial charge in [-0.25, -0.2) is 4.39 Å². The van der Waals surface area contributed by atoms with Crippen molar-refractivity contribution in [3.05, 3.63) is 35.6 Å². The molecule has 1 aromatic carbocycles. The minimum Gasteiger partial charge on any atom is -0.299 e. The molecule has 0 bridgehead atoms. The third-order valence-corrected chi connectivity index (χ3v) is 3.85. The molecule has 2 heteroatoms. The second-order valence-corrected chi connectivity index (χ2v) is 5.92. The van der Waals surface area contributed by atoms with Crippen LogP contribution in [0.4, 0.5) is 4.39 Å².